The van der Waals surface area contributed by atoms with Crippen LogP contribution in [0.5, 0.6) is 0 Å². The van der Waals surface area contributed by atoms with Gasteiger partial charge in [-0.05, 0) is 20.8 Å². The molecule has 0 unspecified atom stereocenters. The summed E-state index contributed by atoms with van der Waals surface area (Å²) in [6, 6.07) is 0. The Morgan fingerprint density at radius 2 is 1.11 bits per heavy atom. The van der Waals surface area contributed by atoms with Gasteiger partial charge in [-0.25, -0.2) is 0 Å². The van der Waals surface area contributed by atoms with Gasteiger partial charge in [-0.1, -0.05) is 14.9 Å². The number of halogens is 1. The van der Waals surface area contributed by atoms with E-state index in [1.807, 2.05) is 32.5 Å². The zero-order chi connectivity index (χ0) is 13.2. The Hall–Kier alpha value is 0.520. The van der Waals surface area contributed by atoms with Crippen LogP contribution in [0.25, 0.3) is 0 Å². The number of rotatable bonds is 11. The van der Waals surface area contributed by atoms with E-state index in [-0.39, 0.29) is 14.9 Å². The first-order chi connectivity index (χ1) is 8.33. The van der Waals surface area contributed by atoms with E-state index in [0.717, 1.165) is 44.5 Å². The Kier molecular flexibility index (Phi) is 45.5. The molecule has 0 saturated carbocycles. The molecule has 0 amide bonds. The lowest BCUT2D eigenvalue weighted by Gasteiger charge is -2.01. The highest BCUT2D eigenvalue weighted by molar-refractivity contribution is 7.99. The van der Waals surface area contributed by atoms with E-state index in [2.05, 4.69) is 0 Å². The predicted octanol–water partition coefficient (Wildman–Crippen LogP) is 4.33. The lowest BCUT2D eigenvalue weighted by atomic mass is 10.8. The van der Waals surface area contributed by atoms with Crippen LogP contribution in [0.1, 0.15) is 35.6 Å². The van der Waals surface area contributed by atoms with Crippen molar-refractivity contribution in [2.24, 2.45) is 0 Å². The van der Waals surface area contributed by atoms with Crippen LogP contribution < -0.4 is 0 Å². The van der Waals surface area contributed by atoms with Crippen molar-refractivity contribution in [1.82, 2.24) is 0 Å². The largest absolute Gasteiger partial charge is 0.381 e. The molecule has 0 rings (SSSR count). The Bertz CT molecular complexity index is 107. The molecule has 122 valence electrons. The molecule has 0 aliphatic carbocycles. The van der Waals surface area contributed by atoms with Gasteiger partial charge in [-0.15, -0.1) is 11.6 Å². The molecule has 0 radical (unpaired) electrons. The van der Waals surface area contributed by atoms with E-state index >= 15 is 0 Å². The van der Waals surface area contributed by atoms with Crippen molar-refractivity contribution in [2.75, 3.05) is 57.0 Å². The highest BCUT2D eigenvalue weighted by atomic mass is 35.5. The van der Waals surface area contributed by atoms with Crippen LogP contribution in [0.15, 0.2) is 0 Å². The highest BCUT2D eigenvalue weighted by Crippen LogP contribution is 1.98. The molecule has 0 fully saturated rings. The summed E-state index contributed by atoms with van der Waals surface area (Å²) in [6.45, 7) is 10.8. The first-order valence-electron chi connectivity index (χ1n) is 6.20. The average molecular weight is 319 g/mol. The SMILES string of the molecule is C.C.CCOCCCl.CCOCCSCCOCC. The standard InChI is InChI=1S/C8H18O2S.C4H9ClO.2CH4/c1-3-9-5-7-11-8-6-10-4-2;1-2-6-4-3-5;;/h3-8H2,1-2H3;2-4H2,1H3;2*1H4. The summed E-state index contributed by atoms with van der Waals surface area (Å²) in [5.41, 5.74) is 0. The number of hydrogen-bond acceptors (Lipinski definition) is 4. The fraction of sp³-hybridized carbons (Fsp3) is 1.00. The quantitative estimate of drug-likeness (QED) is 0.419. The van der Waals surface area contributed by atoms with Crippen LogP contribution in [-0.2, 0) is 14.2 Å². The molecular formula is C14H35ClO3S. The zero-order valence-electron chi connectivity index (χ0n) is 11.4. The third kappa shape index (κ3) is 38.1. The molecule has 0 aromatic heterocycles. The van der Waals surface area contributed by atoms with E-state index in [0.29, 0.717) is 12.5 Å². The maximum atomic E-state index is 5.26. The molecule has 0 aromatic carbocycles. The van der Waals surface area contributed by atoms with Crippen LogP contribution in [0.3, 0.4) is 0 Å². The van der Waals surface area contributed by atoms with E-state index in [1.165, 1.54) is 0 Å². The fourth-order valence-corrected chi connectivity index (χ4v) is 1.61. The van der Waals surface area contributed by atoms with Gasteiger partial charge in [-0.2, -0.15) is 11.8 Å². The third-order valence-corrected chi connectivity index (χ3v) is 2.64. The molecule has 0 saturated heterocycles. The summed E-state index contributed by atoms with van der Waals surface area (Å²) in [5.74, 6) is 2.77. The van der Waals surface area contributed by atoms with Crippen LogP contribution in [-0.4, -0.2) is 57.0 Å². The van der Waals surface area contributed by atoms with Crippen molar-refractivity contribution in [2.45, 2.75) is 35.6 Å². The minimum absolute atomic E-state index is 0. The van der Waals surface area contributed by atoms with E-state index in [4.69, 9.17) is 25.8 Å². The molecule has 19 heavy (non-hydrogen) atoms. The summed E-state index contributed by atoms with van der Waals surface area (Å²) in [6.07, 6.45) is 0. The molecule has 0 spiro atoms. The summed E-state index contributed by atoms with van der Waals surface area (Å²) >= 11 is 7.14. The van der Waals surface area contributed by atoms with Crippen LogP contribution in [0.4, 0.5) is 0 Å². The second-order valence-electron chi connectivity index (χ2n) is 2.89. The fourth-order valence-electron chi connectivity index (χ4n) is 0.825. The summed E-state index contributed by atoms with van der Waals surface area (Å²) in [4.78, 5) is 0. The van der Waals surface area contributed by atoms with E-state index in [9.17, 15) is 0 Å². The Morgan fingerprint density at radius 3 is 1.37 bits per heavy atom. The van der Waals surface area contributed by atoms with Crippen molar-refractivity contribution in [3.8, 4) is 0 Å². The predicted molar refractivity (Wildman–Crippen MR) is 91.0 cm³/mol. The monoisotopic (exact) mass is 318 g/mol. The Balaban J connectivity index is -0.000000123. The van der Waals surface area contributed by atoms with Gasteiger partial charge in [0.05, 0.1) is 19.8 Å². The Morgan fingerprint density at radius 1 is 0.737 bits per heavy atom. The third-order valence-electron chi connectivity index (χ3n) is 1.58. The van der Waals surface area contributed by atoms with Crippen LogP contribution >= 0.6 is 23.4 Å². The van der Waals surface area contributed by atoms with Gasteiger partial charge in [0.2, 0.25) is 0 Å². The molecule has 0 N–H and O–H groups in total. The van der Waals surface area contributed by atoms with E-state index in [1.54, 1.807) is 0 Å². The van der Waals surface area contributed by atoms with Gasteiger partial charge in [0, 0.05) is 37.2 Å². The average Bonchev–Trinajstić information content (AvgIpc) is 2.36. The summed E-state index contributed by atoms with van der Waals surface area (Å²) in [7, 11) is 0. The molecule has 0 aliphatic heterocycles. The van der Waals surface area contributed by atoms with Gasteiger partial charge in [-0.3, -0.25) is 0 Å². The molecule has 0 aromatic rings. The van der Waals surface area contributed by atoms with Gasteiger partial charge >= 0.3 is 0 Å². The number of hydrogen-bond donors (Lipinski definition) is 0. The lowest BCUT2D eigenvalue weighted by molar-refractivity contribution is 0.161. The number of alkyl halides is 1. The minimum atomic E-state index is 0. The first kappa shape index (κ1) is 27.8. The lowest BCUT2D eigenvalue weighted by Crippen LogP contribution is -2.00. The minimum Gasteiger partial charge on any atom is -0.381 e. The van der Waals surface area contributed by atoms with Crippen LogP contribution in [0, 0.1) is 0 Å². The van der Waals surface area contributed by atoms with Crippen molar-refractivity contribution < 1.29 is 14.2 Å². The van der Waals surface area contributed by atoms with E-state index < -0.39 is 0 Å². The summed E-state index contributed by atoms with van der Waals surface area (Å²) in [5, 5.41) is 0. The normalized spacial score (nSPS) is 8.84. The molecule has 3 nitrogen and oxygen atoms in total. The highest BCUT2D eigenvalue weighted by Gasteiger charge is 1.88. The maximum absolute atomic E-state index is 5.26. The smallest absolute Gasteiger partial charge is 0.0601 e. The van der Waals surface area contributed by atoms with Crippen molar-refractivity contribution in [1.29, 1.82) is 0 Å². The molecule has 0 aliphatic rings. The second-order valence-corrected chi connectivity index (χ2v) is 4.49. The number of ether oxygens (including phenoxy) is 3. The van der Waals surface area contributed by atoms with Gasteiger partial charge in [0.15, 0.2) is 0 Å². The molecule has 0 atom stereocenters. The first-order valence-corrected chi connectivity index (χ1v) is 7.89. The van der Waals surface area contributed by atoms with Gasteiger partial charge < -0.3 is 14.2 Å². The molecule has 0 bridgehead atoms. The molecule has 0 heterocycles. The molecule has 5 heteroatoms. The maximum Gasteiger partial charge on any atom is 0.0601 e. The molecular weight excluding hydrogens is 284 g/mol. The van der Waals surface area contributed by atoms with Crippen molar-refractivity contribution >= 4 is 23.4 Å². The second kappa shape index (κ2) is 31.1. The van der Waals surface area contributed by atoms with Gasteiger partial charge in [0.1, 0.15) is 0 Å². The van der Waals surface area contributed by atoms with Gasteiger partial charge in [0.25, 0.3) is 0 Å². The number of thioether (sulfide) groups is 1. The van der Waals surface area contributed by atoms with Crippen molar-refractivity contribution in [3.05, 3.63) is 0 Å². The topological polar surface area (TPSA) is 27.7 Å². The Labute approximate surface area is 130 Å². The van der Waals surface area contributed by atoms with Crippen LogP contribution in [0.2, 0.25) is 0 Å². The summed E-state index contributed by atoms with van der Waals surface area (Å²) < 4.78 is 15.2. The zero-order valence-corrected chi connectivity index (χ0v) is 12.9. The van der Waals surface area contributed by atoms with Crippen molar-refractivity contribution in [3.63, 3.8) is 0 Å².